The van der Waals surface area contributed by atoms with E-state index < -0.39 is 11.9 Å². The average Bonchev–Trinajstić information content (AvgIpc) is 3.17. The predicted molar refractivity (Wildman–Crippen MR) is 106 cm³/mol. The fraction of sp³-hybridized carbons (Fsp3) is 0.200. The Labute approximate surface area is 166 Å². The minimum Gasteiger partial charge on any atom is -0.497 e. The number of anilines is 2. The molecule has 3 aromatic rings. The second-order valence-electron chi connectivity index (χ2n) is 6.39. The van der Waals surface area contributed by atoms with Gasteiger partial charge in [0.25, 0.3) is 0 Å². The van der Waals surface area contributed by atoms with Gasteiger partial charge in [0.15, 0.2) is 5.82 Å². The monoisotopic (exact) mass is 393 g/mol. The molecule has 0 saturated heterocycles. The number of benzene rings is 2. The smallest absolute Gasteiger partial charge is 0.250 e. The normalized spacial score (nSPS) is 15.2. The Morgan fingerprint density at radius 3 is 2.69 bits per heavy atom. The third kappa shape index (κ3) is 3.62. The summed E-state index contributed by atoms with van der Waals surface area (Å²) in [7, 11) is 3.04. The molecule has 0 saturated carbocycles. The van der Waals surface area contributed by atoms with Crippen molar-refractivity contribution in [1.82, 2.24) is 14.8 Å². The molecule has 148 valence electrons. The van der Waals surface area contributed by atoms with Crippen LogP contribution in [0.2, 0.25) is 0 Å². The van der Waals surface area contributed by atoms with E-state index >= 15 is 0 Å². The number of rotatable bonds is 5. The van der Waals surface area contributed by atoms with E-state index in [0.29, 0.717) is 23.0 Å². The molecule has 0 radical (unpaired) electrons. The first kappa shape index (κ1) is 18.5. The molecule has 29 heavy (non-hydrogen) atoms. The number of amides is 2. The topological polar surface area (TPSA) is 107 Å². The number of nitrogens with zero attached hydrogens (tertiary/aromatic N) is 3. The molecule has 1 aliphatic heterocycles. The van der Waals surface area contributed by atoms with Crippen molar-refractivity contribution in [2.45, 2.75) is 12.5 Å². The van der Waals surface area contributed by atoms with Crippen molar-refractivity contribution in [3.05, 3.63) is 48.5 Å². The van der Waals surface area contributed by atoms with Crippen LogP contribution in [0.3, 0.4) is 0 Å². The van der Waals surface area contributed by atoms with Crippen molar-refractivity contribution >= 4 is 23.5 Å². The van der Waals surface area contributed by atoms with Crippen LogP contribution < -0.4 is 20.1 Å². The molecule has 0 spiro atoms. The molecular weight excluding hydrogens is 374 g/mol. The van der Waals surface area contributed by atoms with Crippen LogP contribution in [0, 0.1) is 0 Å². The highest BCUT2D eigenvalue weighted by atomic mass is 16.5. The Kier molecular flexibility index (Phi) is 4.86. The summed E-state index contributed by atoms with van der Waals surface area (Å²) >= 11 is 0. The Bertz CT molecular complexity index is 1060. The lowest BCUT2D eigenvalue weighted by Gasteiger charge is -2.23. The van der Waals surface area contributed by atoms with Crippen LogP contribution >= 0.6 is 0 Å². The van der Waals surface area contributed by atoms with Crippen LogP contribution in [-0.4, -0.2) is 40.8 Å². The lowest BCUT2D eigenvalue weighted by molar-refractivity contribution is -0.125. The van der Waals surface area contributed by atoms with Crippen LogP contribution in [0.15, 0.2) is 48.5 Å². The number of carbonyl (C=O) groups excluding carboxylic acids is 2. The van der Waals surface area contributed by atoms with Gasteiger partial charge in [0.2, 0.25) is 17.8 Å². The minimum absolute atomic E-state index is 0.0529. The summed E-state index contributed by atoms with van der Waals surface area (Å²) in [6.45, 7) is 0. The van der Waals surface area contributed by atoms with E-state index in [4.69, 9.17) is 9.47 Å². The Balaban J connectivity index is 1.65. The van der Waals surface area contributed by atoms with Crippen molar-refractivity contribution in [1.29, 1.82) is 0 Å². The number of methoxy groups -OCH3 is 2. The maximum atomic E-state index is 13.0. The predicted octanol–water partition coefficient (Wildman–Crippen LogP) is 2.48. The first-order valence-corrected chi connectivity index (χ1v) is 8.93. The Morgan fingerprint density at radius 2 is 1.97 bits per heavy atom. The molecule has 1 atom stereocenters. The molecule has 2 aromatic carbocycles. The van der Waals surface area contributed by atoms with Crippen LogP contribution in [-0.2, 0) is 9.59 Å². The number of hydrogen-bond acceptors (Lipinski definition) is 6. The van der Waals surface area contributed by atoms with Crippen LogP contribution in [0.1, 0.15) is 12.5 Å². The summed E-state index contributed by atoms with van der Waals surface area (Å²) in [4.78, 5) is 29.5. The molecule has 1 aromatic heterocycles. The third-order valence-corrected chi connectivity index (χ3v) is 4.56. The number of ether oxygens (including phenoxy) is 2. The van der Waals surface area contributed by atoms with Crippen molar-refractivity contribution in [2.75, 3.05) is 24.9 Å². The van der Waals surface area contributed by atoms with Gasteiger partial charge in [0, 0.05) is 11.6 Å². The maximum absolute atomic E-state index is 13.0. The van der Waals surface area contributed by atoms with E-state index in [2.05, 4.69) is 20.7 Å². The van der Waals surface area contributed by atoms with E-state index in [9.17, 15) is 9.59 Å². The Morgan fingerprint density at radius 1 is 1.17 bits per heavy atom. The zero-order valence-corrected chi connectivity index (χ0v) is 15.9. The number of fused-ring (bicyclic) bond motifs is 1. The summed E-state index contributed by atoms with van der Waals surface area (Å²) in [5.41, 5.74) is 1.23. The van der Waals surface area contributed by atoms with E-state index in [1.54, 1.807) is 18.2 Å². The fourth-order valence-corrected chi connectivity index (χ4v) is 3.10. The highest BCUT2D eigenvalue weighted by molar-refractivity contribution is 6.01. The molecule has 1 aliphatic rings. The van der Waals surface area contributed by atoms with Gasteiger partial charge < -0.3 is 14.8 Å². The quantitative estimate of drug-likeness (QED) is 0.690. The SMILES string of the molecule is COc1ccc(OC)c(NC(=O)[C@H]2CC(=O)Nc3nc(-c4ccccc4)nn32)c1. The fourth-order valence-electron chi connectivity index (χ4n) is 3.10. The average molecular weight is 393 g/mol. The number of aromatic nitrogens is 3. The van der Waals surface area contributed by atoms with Gasteiger partial charge in [0.05, 0.1) is 26.3 Å². The molecule has 4 rings (SSSR count). The summed E-state index contributed by atoms with van der Waals surface area (Å²) in [6, 6.07) is 13.6. The summed E-state index contributed by atoms with van der Waals surface area (Å²) in [5.74, 6) is 0.996. The summed E-state index contributed by atoms with van der Waals surface area (Å²) in [5, 5.41) is 9.92. The van der Waals surface area contributed by atoms with Gasteiger partial charge in [0.1, 0.15) is 17.5 Å². The highest BCUT2D eigenvalue weighted by Gasteiger charge is 2.33. The maximum Gasteiger partial charge on any atom is 0.250 e. The van der Waals surface area contributed by atoms with Gasteiger partial charge in [-0.2, -0.15) is 4.98 Å². The zero-order valence-electron chi connectivity index (χ0n) is 15.9. The largest absolute Gasteiger partial charge is 0.497 e. The lowest BCUT2D eigenvalue weighted by atomic mass is 10.1. The van der Waals surface area contributed by atoms with Crippen molar-refractivity contribution in [2.24, 2.45) is 0 Å². The van der Waals surface area contributed by atoms with Crippen LogP contribution in [0.4, 0.5) is 11.6 Å². The first-order valence-electron chi connectivity index (χ1n) is 8.93. The van der Waals surface area contributed by atoms with Gasteiger partial charge >= 0.3 is 0 Å². The lowest BCUT2D eigenvalue weighted by Crippen LogP contribution is -2.36. The van der Waals surface area contributed by atoms with E-state index in [0.717, 1.165) is 5.56 Å². The number of carbonyl (C=O) groups is 2. The standard InChI is InChI=1S/C20H19N5O4/c1-28-13-8-9-16(29-2)14(10-13)21-19(27)15-11-17(26)22-20-23-18(24-25(15)20)12-6-4-3-5-7-12/h3-10,15H,11H2,1-2H3,(H,21,27)(H,22,23,24,26)/t15-/m1/s1. The van der Waals surface area contributed by atoms with Gasteiger partial charge in [-0.05, 0) is 12.1 Å². The summed E-state index contributed by atoms with van der Waals surface area (Å²) in [6.07, 6.45) is -0.0529. The highest BCUT2D eigenvalue weighted by Crippen LogP contribution is 2.31. The molecule has 0 fully saturated rings. The van der Waals surface area contributed by atoms with Crippen molar-refractivity contribution in [3.8, 4) is 22.9 Å². The second kappa shape index (κ2) is 7.63. The molecule has 9 heteroatoms. The first-order chi connectivity index (χ1) is 14.1. The zero-order chi connectivity index (χ0) is 20.4. The van der Waals surface area contributed by atoms with Crippen LogP contribution in [0.25, 0.3) is 11.4 Å². The van der Waals surface area contributed by atoms with Gasteiger partial charge in [-0.15, -0.1) is 5.10 Å². The molecule has 2 amide bonds. The van der Waals surface area contributed by atoms with Gasteiger partial charge in [-0.25, -0.2) is 4.68 Å². The minimum atomic E-state index is -0.848. The van der Waals surface area contributed by atoms with Crippen LogP contribution in [0.5, 0.6) is 11.5 Å². The van der Waals surface area contributed by atoms with E-state index in [1.165, 1.54) is 18.9 Å². The van der Waals surface area contributed by atoms with Crippen molar-refractivity contribution in [3.63, 3.8) is 0 Å². The molecular formula is C20H19N5O4. The second-order valence-corrected chi connectivity index (χ2v) is 6.39. The van der Waals surface area contributed by atoms with Gasteiger partial charge in [-0.1, -0.05) is 30.3 Å². The van der Waals surface area contributed by atoms with Crippen molar-refractivity contribution < 1.29 is 19.1 Å². The summed E-state index contributed by atoms with van der Waals surface area (Å²) < 4.78 is 11.9. The van der Waals surface area contributed by atoms with E-state index in [1.807, 2.05) is 30.3 Å². The third-order valence-electron chi connectivity index (χ3n) is 4.56. The number of nitrogens with one attached hydrogen (secondary N) is 2. The van der Waals surface area contributed by atoms with Gasteiger partial charge in [-0.3, -0.25) is 14.9 Å². The molecule has 0 bridgehead atoms. The molecule has 2 heterocycles. The Hall–Kier alpha value is -3.88. The van der Waals surface area contributed by atoms with E-state index in [-0.39, 0.29) is 18.3 Å². The molecule has 9 nitrogen and oxygen atoms in total. The molecule has 0 aliphatic carbocycles. The number of hydrogen-bond donors (Lipinski definition) is 2. The molecule has 0 unspecified atom stereocenters. The molecule has 2 N–H and O–H groups in total.